The molecule has 4 atom stereocenters. The fourth-order valence-corrected chi connectivity index (χ4v) is 5.50. The van der Waals surface area contributed by atoms with E-state index in [0.717, 1.165) is 18.0 Å². The molecule has 0 aromatic rings. The van der Waals surface area contributed by atoms with Crippen LogP contribution >= 0.6 is 0 Å². The molecule has 6 nitrogen and oxygen atoms in total. The number of likely N-dealkylation sites (tertiary alicyclic amines) is 1. The lowest BCUT2D eigenvalue weighted by molar-refractivity contribution is -0.961. The summed E-state index contributed by atoms with van der Waals surface area (Å²) in [6, 6.07) is 0. The van der Waals surface area contributed by atoms with E-state index >= 15 is 0 Å². The summed E-state index contributed by atoms with van der Waals surface area (Å²) < 4.78 is 13.7. The van der Waals surface area contributed by atoms with Crippen molar-refractivity contribution in [2.45, 2.75) is 136 Å². The van der Waals surface area contributed by atoms with Crippen molar-refractivity contribution in [3.63, 3.8) is 0 Å². The molecule has 2 aliphatic rings. The Balaban J connectivity index is 0.00000125. The molecular formula is C27H54NO5+. The van der Waals surface area contributed by atoms with Crippen molar-refractivity contribution in [2.75, 3.05) is 26.2 Å². The normalized spacial score (nSPS) is 27.8. The Morgan fingerprint density at radius 1 is 0.848 bits per heavy atom. The van der Waals surface area contributed by atoms with Gasteiger partial charge in [0.25, 0.3) is 5.97 Å². The molecule has 0 amide bonds. The fourth-order valence-electron chi connectivity index (χ4n) is 5.50. The summed E-state index contributed by atoms with van der Waals surface area (Å²) in [4.78, 5) is 9.00. The molecule has 0 aromatic carbocycles. The second-order valence-corrected chi connectivity index (χ2v) is 10.7. The molecule has 2 saturated heterocycles. The lowest BCUT2D eigenvalue weighted by Gasteiger charge is -2.39. The van der Waals surface area contributed by atoms with Crippen LogP contribution in [0, 0.1) is 5.92 Å². The van der Waals surface area contributed by atoms with Gasteiger partial charge in [-0.3, -0.25) is 14.0 Å². The lowest BCUT2D eigenvalue weighted by Crippen LogP contribution is -2.55. The standard InChI is InChI=1S/C25H50NO3.C2H4O2/c1-5-7-9-11-13-15-17-19-26(18-16-14-12-10-8-6-2)20-22(21-27)23-24(26)29-25(3,4)28-23;1-2(3)4/h22-24,27H,5-21H2,1-4H3;1H3,(H,3,4)/q+1;/t22-,23-,24+,26-;/m1./s1. The van der Waals surface area contributed by atoms with Crippen LogP contribution in [0.1, 0.15) is 118 Å². The van der Waals surface area contributed by atoms with Crippen LogP contribution in [0.4, 0.5) is 0 Å². The number of carboxylic acid groups (broad SMARTS) is 1. The smallest absolute Gasteiger partial charge is 0.300 e. The predicted molar refractivity (Wildman–Crippen MR) is 134 cm³/mol. The van der Waals surface area contributed by atoms with Gasteiger partial charge in [0.2, 0.25) is 6.23 Å². The number of carboxylic acids is 1. The van der Waals surface area contributed by atoms with Crippen molar-refractivity contribution in [1.29, 1.82) is 0 Å². The van der Waals surface area contributed by atoms with E-state index in [-0.39, 0.29) is 24.9 Å². The number of aliphatic hydroxyl groups is 1. The number of unbranched alkanes of at least 4 members (excludes halogenated alkanes) is 11. The molecule has 2 fully saturated rings. The zero-order valence-corrected chi connectivity index (χ0v) is 22.3. The zero-order chi connectivity index (χ0) is 24.7. The number of aliphatic hydroxyl groups excluding tert-OH is 1. The van der Waals surface area contributed by atoms with Crippen LogP contribution < -0.4 is 0 Å². The van der Waals surface area contributed by atoms with Crippen molar-refractivity contribution in [2.24, 2.45) is 5.92 Å². The summed E-state index contributed by atoms with van der Waals surface area (Å²) >= 11 is 0. The maximum atomic E-state index is 10.0. The summed E-state index contributed by atoms with van der Waals surface area (Å²) in [5, 5.41) is 17.4. The number of carbonyl (C=O) groups is 1. The molecular weight excluding hydrogens is 418 g/mol. The first-order chi connectivity index (χ1) is 15.7. The number of nitrogens with zero attached hydrogens (tertiary/aromatic N) is 1. The van der Waals surface area contributed by atoms with Gasteiger partial charge < -0.3 is 14.9 Å². The molecule has 0 radical (unpaired) electrons. The molecule has 2 aliphatic heterocycles. The summed E-state index contributed by atoms with van der Waals surface area (Å²) in [5.74, 6) is -1.14. The first kappa shape index (κ1) is 30.3. The van der Waals surface area contributed by atoms with Gasteiger partial charge in [0, 0.05) is 6.92 Å². The number of fused-ring (bicyclic) bond motifs is 1. The molecule has 0 bridgehead atoms. The number of rotatable bonds is 16. The minimum Gasteiger partial charge on any atom is -0.481 e. The third kappa shape index (κ3) is 11.1. The second-order valence-electron chi connectivity index (χ2n) is 10.7. The van der Waals surface area contributed by atoms with E-state index in [1.54, 1.807) is 0 Å². The fraction of sp³-hybridized carbons (Fsp3) is 0.963. The molecule has 196 valence electrons. The van der Waals surface area contributed by atoms with E-state index in [0.29, 0.717) is 0 Å². The maximum absolute atomic E-state index is 10.0. The topological polar surface area (TPSA) is 76.0 Å². The third-order valence-corrected chi connectivity index (χ3v) is 7.11. The number of ether oxygens (including phenoxy) is 2. The summed E-state index contributed by atoms with van der Waals surface area (Å²) in [6.45, 7) is 13.3. The highest BCUT2D eigenvalue weighted by molar-refractivity contribution is 5.62. The van der Waals surface area contributed by atoms with Crippen LogP contribution in [-0.4, -0.2) is 65.0 Å². The first-order valence-corrected chi connectivity index (χ1v) is 13.7. The van der Waals surface area contributed by atoms with Crippen LogP contribution in [-0.2, 0) is 14.3 Å². The molecule has 6 heteroatoms. The Bertz CT molecular complexity index is 523. The van der Waals surface area contributed by atoms with Crippen LogP contribution in [0.25, 0.3) is 0 Å². The molecule has 33 heavy (non-hydrogen) atoms. The number of aliphatic carboxylic acids is 1. The van der Waals surface area contributed by atoms with E-state index in [9.17, 15) is 5.11 Å². The van der Waals surface area contributed by atoms with Gasteiger partial charge in [0.1, 0.15) is 6.10 Å². The Morgan fingerprint density at radius 2 is 1.27 bits per heavy atom. The zero-order valence-electron chi connectivity index (χ0n) is 22.3. The number of quaternary nitrogens is 1. The average molecular weight is 473 g/mol. The van der Waals surface area contributed by atoms with Crippen LogP contribution in [0.3, 0.4) is 0 Å². The predicted octanol–water partition coefficient (Wildman–Crippen LogP) is 6.10. The molecule has 2 heterocycles. The van der Waals surface area contributed by atoms with E-state index in [1.807, 2.05) is 13.8 Å². The molecule has 2 N–H and O–H groups in total. The molecule has 0 saturated carbocycles. The van der Waals surface area contributed by atoms with Crippen molar-refractivity contribution in [1.82, 2.24) is 0 Å². The lowest BCUT2D eigenvalue weighted by atomic mass is 10.1. The SMILES string of the molecule is CC(=O)O.CCCCCCCCC[N@+]1(CCCCCCCC)C[C@H](CO)[C@H]2OC(C)(C)O[C@@H]21. The number of hydrogen-bond donors (Lipinski definition) is 2. The average Bonchev–Trinajstić information content (AvgIpc) is 3.21. The highest BCUT2D eigenvalue weighted by Crippen LogP contribution is 2.44. The Hall–Kier alpha value is -0.690. The van der Waals surface area contributed by atoms with E-state index in [2.05, 4.69) is 13.8 Å². The van der Waals surface area contributed by atoms with Crippen molar-refractivity contribution in [3.05, 3.63) is 0 Å². The van der Waals surface area contributed by atoms with Gasteiger partial charge in [0.05, 0.1) is 32.2 Å². The Morgan fingerprint density at radius 3 is 1.70 bits per heavy atom. The second kappa shape index (κ2) is 16.1. The van der Waals surface area contributed by atoms with Gasteiger partial charge in [-0.15, -0.1) is 0 Å². The molecule has 0 aliphatic carbocycles. The van der Waals surface area contributed by atoms with Gasteiger partial charge in [-0.2, -0.15) is 0 Å². The van der Waals surface area contributed by atoms with Gasteiger partial charge in [-0.05, 0) is 39.5 Å². The van der Waals surface area contributed by atoms with E-state index in [4.69, 9.17) is 19.4 Å². The maximum Gasteiger partial charge on any atom is 0.300 e. The van der Waals surface area contributed by atoms with Crippen molar-refractivity contribution < 1.29 is 29.0 Å². The molecule has 0 unspecified atom stereocenters. The monoisotopic (exact) mass is 472 g/mol. The molecule has 2 rings (SSSR count). The van der Waals surface area contributed by atoms with Crippen LogP contribution in [0.2, 0.25) is 0 Å². The summed E-state index contributed by atoms with van der Waals surface area (Å²) in [7, 11) is 0. The minimum absolute atomic E-state index is 0.0552. The van der Waals surface area contributed by atoms with Gasteiger partial charge in [-0.25, -0.2) is 0 Å². The highest BCUT2D eigenvalue weighted by Gasteiger charge is 2.61. The molecule has 0 spiro atoms. The first-order valence-electron chi connectivity index (χ1n) is 13.7. The quantitative estimate of drug-likeness (QED) is 0.209. The van der Waals surface area contributed by atoms with Gasteiger partial charge in [0.15, 0.2) is 5.79 Å². The van der Waals surface area contributed by atoms with Crippen LogP contribution in [0.5, 0.6) is 0 Å². The minimum atomic E-state index is -0.833. The van der Waals surface area contributed by atoms with Crippen molar-refractivity contribution >= 4 is 5.97 Å². The third-order valence-electron chi connectivity index (χ3n) is 7.11. The van der Waals surface area contributed by atoms with Crippen molar-refractivity contribution in [3.8, 4) is 0 Å². The van der Waals surface area contributed by atoms with Crippen LogP contribution in [0.15, 0.2) is 0 Å². The summed E-state index contributed by atoms with van der Waals surface area (Å²) in [6.07, 6.45) is 17.6. The Kier molecular flexibility index (Phi) is 14.8. The largest absolute Gasteiger partial charge is 0.481 e. The summed E-state index contributed by atoms with van der Waals surface area (Å²) in [5.41, 5.74) is 0. The Labute approximate surface area is 203 Å². The van der Waals surface area contributed by atoms with E-state index in [1.165, 1.54) is 96.6 Å². The van der Waals surface area contributed by atoms with E-state index < -0.39 is 11.8 Å². The van der Waals surface area contributed by atoms with Gasteiger partial charge in [-0.1, -0.05) is 71.6 Å². The number of hydrogen-bond acceptors (Lipinski definition) is 4. The molecule has 0 aromatic heterocycles. The highest BCUT2D eigenvalue weighted by atomic mass is 16.8. The van der Waals surface area contributed by atoms with Gasteiger partial charge >= 0.3 is 0 Å².